The lowest BCUT2D eigenvalue weighted by Gasteiger charge is -2.32. The summed E-state index contributed by atoms with van der Waals surface area (Å²) >= 11 is 0. The molecule has 1 aliphatic heterocycles. The maximum atomic E-state index is 6.07. The molecule has 1 saturated heterocycles. The quantitative estimate of drug-likeness (QED) is 0.820. The Kier molecular flexibility index (Phi) is 5.26. The van der Waals surface area contributed by atoms with Gasteiger partial charge in [0.2, 0.25) is 0 Å². The second kappa shape index (κ2) is 6.72. The zero-order valence-corrected chi connectivity index (χ0v) is 11.2. The molecule has 0 spiro atoms. The molecule has 2 rings (SSSR count). The Morgan fingerprint density at radius 3 is 2.94 bits per heavy atom. The Morgan fingerprint density at radius 2 is 2.18 bits per heavy atom. The normalized spacial score (nSPS) is 36.7. The molecular weight excluding hydrogens is 212 g/mol. The SMILES string of the molecule is CCC1CN(CC2CCCC(N)C2)CCCO1. The van der Waals surface area contributed by atoms with Gasteiger partial charge in [0.05, 0.1) is 6.10 Å². The first-order valence-corrected chi connectivity index (χ1v) is 7.37. The summed E-state index contributed by atoms with van der Waals surface area (Å²) in [5, 5.41) is 0. The van der Waals surface area contributed by atoms with Gasteiger partial charge in [-0.15, -0.1) is 0 Å². The zero-order valence-electron chi connectivity index (χ0n) is 11.2. The Morgan fingerprint density at radius 1 is 1.29 bits per heavy atom. The van der Waals surface area contributed by atoms with Crippen molar-refractivity contribution in [2.75, 3.05) is 26.2 Å². The third-order valence-electron chi connectivity index (χ3n) is 4.23. The molecule has 0 aromatic heterocycles. The van der Waals surface area contributed by atoms with E-state index in [0.29, 0.717) is 12.1 Å². The first-order chi connectivity index (χ1) is 8.28. The summed E-state index contributed by atoms with van der Waals surface area (Å²) in [4.78, 5) is 2.61. The molecule has 0 aromatic carbocycles. The molecule has 17 heavy (non-hydrogen) atoms. The second-order valence-electron chi connectivity index (χ2n) is 5.81. The van der Waals surface area contributed by atoms with E-state index in [1.165, 1.54) is 45.2 Å². The van der Waals surface area contributed by atoms with Crippen molar-refractivity contribution in [2.45, 2.75) is 57.6 Å². The maximum absolute atomic E-state index is 6.07. The first-order valence-electron chi connectivity index (χ1n) is 7.37. The van der Waals surface area contributed by atoms with Gasteiger partial charge < -0.3 is 15.4 Å². The first kappa shape index (κ1) is 13.3. The van der Waals surface area contributed by atoms with Gasteiger partial charge >= 0.3 is 0 Å². The van der Waals surface area contributed by atoms with Crippen LogP contribution in [0.25, 0.3) is 0 Å². The summed E-state index contributed by atoms with van der Waals surface area (Å²) in [5.74, 6) is 0.828. The molecule has 1 aliphatic carbocycles. The zero-order chi connectivity index (χ0) is 12.1. The molecule has 0 aromatic rings. The fourth-order valence-electron chi connectivity index (χ4n) is 3.25. The van der Waals surface area contributed by atoms with E-state index in [-0.39, 0.29) is 0 Å². The molecule has 0 amide bonds. The van der Waals surface area contributed by atoms with Gasteiger partial charge in [-0.1, -0.05) is 13.3 Å². The van der Waals surface area contributed by atoms with E-state index in [9.17, 15) is 0 Å². The number of nitrogens with two attached hydrogens (primary N) is 1. The van der Waals surface area contributed by atoms with Crippen molar-refractivity contribution in [2.24, 2.45) is 11.7 Å². The van der Waals surface area contributed by atoms with E-state index in [1.54, 1.807) is 0 Å². The standard InChI is InChI=1S/C14H28N2O/c1-2-14-11-16(7-4-8-17-14)10-12-5-3-6-13(15)9-12/h12-14H,2-11,15H2,1H3. The molecule has 3 atom stereocenters. The Balaban J connectivity index is 1.79. The molecule has 0 radical (unpaired) electrons. The molecule has 100 valence electrons. The lowest BCUT2D eigenvalue weighted by Crippen LogP contribution is -2.38. The van der Waals surface area contributed by atoms with E-state index in [0.717, 1.165) is 25.5 Å². The molecule has 0 bridgehead atoms. The molecule has 2 N–H and O–H groups in total. The molecule has 2 fully saturated rings. The van der Waals surface area contributed by atoms with Crippen molar-refractivity contribution in [3.05, 3.63) is 0 Å². The third kappa shape index (κ3) is 4.23. The van der Waals surface area contributed by atoms with Crippen LogP contribution in [0.3, 0.4) is 0 Å². The van der Waals surface area contributed by atoms with Crippen LogP contribution in [0.15, 0.2) is 0 Å². The van der Waals surface area contributed by atoms with Gasteiger partial charge in [-0.2, -0.15) is 0 Å². The highest BCUT2D eigenvalue weighted by Gasteiger charge is 2.24. The van der Waals surface area contributed by atoms with Crippen molar-refractivity contribution in [3.8, 4) is 0 Å². The van der Waals surface area contributed by atoms with Crippen LogP contribution in [-0.2, 0) is 4.74 Å². The van der Waals surface area contributed by atoms with Crippen LogP contribution in [0.5, 0.6) is 0 Å². The van der Waals surface area contributed by atoms with E-state index in [2.05, 4.69) is 11.8 Å². The minimum atomic E-state index is 0.453. The molecule has 3 heteroatoms. The molecule has 3 nitrogen and oxygen atoms in total. The van der Waals surface area contributed by atoms with Crippen LogP contribution < -0.4 is 5.73 Å². The molecule has 3 unspecified atom stereocenters. The van der Waals surface area contributed by atoms with Gasteiger partial charge in [-0.05, 0) is 38.0 Å². The second-order valence-corrected chi connectivity index (χ2v) is 5.81. The van der Waals surface area contributed by atoms with Crippen LogP contribution in [0.1, 0.15) is 45.4 Å². The minimum absolute atomic E-state index is 0.453. The lowest BCUT2D eigenvalue weighted by atomic mass is 9.86. The molecule has 1 saturated carbocycles. The summed E-state index contributed by atoms with van der Waals surface area (Å²) in [6, 6.07) is 0.457. The predicted octanol–water partition coefficient (Wildman–Crippen LogP) is 2.00. The van der Waals surface area contributed by atoms with Crippen LogP contribution in [0.4, 0.5) is 0 Å². The van der Waals surface area contributed by atoms with Gasteiger partial charge in [0.25, 0.3) is 0 Å². The monoisotopic (exact) mass is 240 g/mol. The van der Waals surface area contributed by atoms with Crippen LogP contribution in [0, 0.1) is 5.92 Å². The average molecular weight is 240 g/mol. The van der Waals surface area contributed by atoms with Gasteiger partial charge in [-0.25, -0.2) is 0 Å². The van der Waals surface area contributed by atoms with Gasteiger partial charge in [0.15, 0.2) is 0 Å². The van der Waals surface area contributed by atoms with Crippen molar-refractivity contribution >= 4 is 0 Å². The highest BCUT2D eigenvalue weighted by Crippen LogP contribution is 2.24. The van der Waals surface area contributed by atoms with E-state index in [4.69, 9.17) is 10.5 Å². The Bertz CT molecular complexity index is 222. The van der Waals surface area contributed by atoms with Crippen LogP contribution >= 0.6 is 0 Å². The van der Waals surface area contributed by atoms with Crippen LogP contribution in [-0.4, -0.2) is 43.3 Å². The summed E-state index contributed by atoms with van der Waals surface area (Å²) in [6.07, 6.45) is 7.95. The topological polar surface area (TPSA) is 38.5 Å². The minimum Gasteiger partial charge on any atom is -0.377 e. The number of rotatable bonds is 3. The number of ether oxygens (including phenoxy) is 1. The van der Waals surface area contributed by atoms with Crippen LogP contribution in [0.2, 0.25) is 0 Å². The lowest BCUT2D eigenvalue weighted by molar-refractivity contribution is 0.0487. The van der Waals surface area contributed by atoms with Gasteiger partial charge in [0.1, 0.15) is 0 Å². The van der Waals surface area contributed by atoms with E-state index < -0.39 is 0 Å². The average Bonchev–Trinajstić information content (AvgIpc) is 2.54. The fourth-order valence-corrected chi connectivity index (χ4v) is 3.25. The maximum Gasteiger partial charge on any atom is 0.0699 e. The van der Waals surface area contributed by atoms with E-state index >= 15 is 0 Å². The smallest absolute Gasteiger partial charge is 0.0699 e. The van der Waals surface area contributed by atoms with Crippen molar-refractivity contribution in [3.63, 3.8) is 0 Å². The summed E-state index contributed by atoms with van der Waals surface area (Å²) in [7, 11) is 0. The van der Waals surface area contributed by atoms with E-state index in [1.807, 2.05) is 0 Å². The molecular formula is C14H28N2O. The Hall–Kier alpha value is -0.120. The largest absolute Gasteiger partial charge is 0.377 e. The summed E-state index contributed by atoms with van der Waals surface area (Å²) < 4.78 is 5.83. The van der Waals surface area contributed by atoms with Crippen molar-refractivity contribution < 1.29 is 4.74 Å². The Labute approximate surface area is 106 Å². The highest BCUT2D eigenvalue weighted by molar-refractivity contribution is 4.79. The number of nitrogens with zero attached hydrogens (tertiary/aromatic N) is 1. The van der Waals surface area contributed by atoms with Gasteiger partial charge in [0, 0.05) is 32.3 Å². The third-order valence-corrected chi connectivity index (χ3v) is 4.23. The molecule has 1 heterocycles. The van der Waals surface area contributed by atoms with Gasteiger partial charge in [-0.3, -0.25) is 0 Å². The summed E-state index contributed by atoms with van der Waals surface area (Å²) in [5.41, 5.74) is 6.07. The van der Waals surface area contributed by atoms with Crippen molar-refractivity contribution in [1.29, 1.82) is 0 Å². The fraction of sp³-hybridized carbons (Fsp3) is 1.00. The van der Waals surface area contributed by atoms with Crippen molar-refractivity contribution in [1.82, 2.24) is 4.90 Å². The molecule has 2 aliphatic rings. The number of hydrogen-bond donors (Lipinski definition) is 1. The highest BCUT2D eigenvalue weighted by atomic mass is 16.5. The number of hydrogen-bond acceptors (Lipinski definition) is 3. The predicted molar refractivity (Wildman–Crippen MR) is 71.0 cm³/mol. The summed E-state index contributed by atoms with van der Waals surface area (Å²) in [6.45, 7) is 6.75.